The molecule has 0 unspecified atom stereocenters. The zero-order valence-corrected chi connectivity index (χ0v) is 15.3. The highest BCUT2D eigenvalue weighted by molar-refractivity contribution is 9.10. The van der Waals surface area contributed by atoms with Crippen LogP contribution < -0.4 is 16.8 Å². The molecule has 0 atom stereocenters. The molecule has 3 aromatic rings. The standard InChI is InChI=1S/C13H11BrFN7O3S/c14-7-5-6(1-2-8(7)15)22-10(20-24-13(22)23)9-11(21-25-19-9)26-4-3-18-12(16)17/h1-2,5H,3-4H2,(H4,16,17,18). The molecule has 26 heavy (non-hydrogen) atoms. The van der Waals surface area contributed by atoms with Crippen LogP contribution in [0.4, 0.5) is 4.39 Å². The van der Waals surface area contributed by atoms with Crippen LogP contribution in [0.15, 0.2) is 41.6 Å². The highest BCUT2D eigenvalue weighted by Crippen LogP contribution is 2.28. The smallest absolute Gasteiger partial charge is 0.370 e. The maximum absolute atomic E-state index is 13.5. The Balaban J connectivity index is 1.92. The fourth-order valence-electron chi connectivity index (χ4n) is 2.00. The van der Waals surface area contributed by atoms with Gasteiger partial charge in [0.1, 0.15) is 5.82 Å². The fraction of sp³-hybridized carbons (Fsp3) is 0.154. The van der Waals surface area contributed by atoms with Crippen molar-refractivity contribution in [3.8, 4) is 17.2 Å². The SMILES string of the molecule is N=C(N)NCCSc1nonc1-c1noc(=O)n1-c1ccc(F)c(Br)c1. The van der Waals surface area contributed by atoms with Crippen LogP contribution in [0.1, 0.15) is 0 Å². The molecule has 10 nitrogen and oxygen atoms in total. The molecule has 2 aromatic heterocycles. The highest BCUT2D eigenvalue weighted by atomic mass is 79.9. The molecule has 13 heteroatoms. The molecular formula is C13H11BrFN7O3S. The van der Waals surface area contributed by atoms with Crippen LogP contribution in [-0.4, -0.2) is 38.3 Å². The molecule has 0 aliphatic carbocycles. The van der Waals surface area contributed by atoms with Crippen molar-refractivity contribution in [3.63, 3.8) is 0 Å². The van der Waals surface area contributed by atoms with Gasteiger partial charge >= 0.3 is 5.76 Å². The van der Waals surface area contributed by atoms with Gasteiger partial charge in [0.25, 0.3) is 0 Å². The Hall–Kier alpha value is -2.67. The number of halogens is 2. The predicted octanol–water partition coefficient (Wildman–Crippen LogP) is 1.35. The van der Waals surface area contributed by atoms with E-state index in [2.05, 4.69) is 36.7 Å². The van der Waals surface area contributed by atoms with E-state index in [0.29, 0.717) is 23.0 Å². The van der Waals surface area contributed by atoms with E-state index in [1.807, 2.05) is 0 Å². The molecule has 0 bridgehead atoms. The summed E-state index contributed by atoms with van der Waals surface area (Å²) in [5.41, 5.74) is 5.74. The topological polar surface area (TPSA) is 149 Å². The zero-order chi connectivity index (χ0) is 18.7. The summed E-state index contributed by atoms with van der Waals surface area (Å²) >= 11 is 4.33. The van der Waals surface area contributed by atoms with Crippen LogP contribution >= 0.6 is 27.7 Å². The average Bonchev–Trinajstić information content (AvgIpc) is 3.20. The maximum atomic E-state index is 13.5. The van der Waals surface area contributed by atoms with E-state index in [0.717, 1.165) is 4.57 Å². The van der Waals surface area contributed by atoms with Gasteiger partial charge in [0.2, 0.25) is 5.82 Å². The van der Waals surface area contributed by atoms with E-state index in [4.69, 9.17) is 20.3 Å². The van der Waals surface area contributed by atoms with Crippen molar-refractivity contribution in [3.05, 3.63) is 39.0 Å². The summed E-state index contributed by atoms with van der Waals surface area (Å²) in [4.78, 5) is 12.1. The molecule has 3 rings (SSSR count). The Morgan fingerprint density at radius 3 is 2.96 bits per heavy atom. The fourth-order valence-corrected chi connectivity index (χ4v) is 3.11. The van der Waals surface area contributed by atoms with Gasteiger partial charge in [-0.2, -0.15) is 0 Å². The van der Waals surface area contributed by atoms with Gasteiger partial charge in [-0.25, -0.2) is 18.4 Å². The number of hydrogen-bond donors (Lipinski definition) is 3. The third-order valence-corrected chi connectivity index (χ3v) is 4.65. The molecule has 4 N–H and O–H groups in total. The third-order valence-electron chi connectivity index (χ3n) is 3.09. The first-order valence-corrected chi connectivity index (χ1v) is 8.83. The minimum atomic E-state index is -0.768. The largest absolute Gasteiger partial charge is 0.446 e. The minimum Gasteiger partial charge on any atom is -0.370 e. The summed E-state index contributed by atoms with van der Waals surface area (Å²) in [7, 11) is 0. The normalized spacial score (nSPS) is 10.8. The van der Waals surface area contributed by atoms with Crippen LogP contribution in [0, 0.1) is 11.2 Å². The number of thioether (sulfide) groups is 1. The van der Waals surface area contributed by atoms with Crippen molar-refractivity contribution in [2.24, 2.45) is 5.73 Å². The molecule has 0 radical (unpaired) electrons. The van der Waals surface area contributed by atoms with Crippen molar-refractivity contribution in [2.75, 3.05) is 12.3 Å². The Morgan fingerprint density at radius 1 is 1.42 bits per heavy atom. The Morgan fingerprint density at radius 2 is 2.23 bits per heavy atom. The van der Waals surface area contributed by atoms with Crippen molar-refractivity contribution in [1.82, 2.24) is 25.4 Å². The van der Waals surface area contributed by atoms with Gasteiger partial charge in [0.05, 0.1) is 10.2 Å². The lowest BCUT2D eigenvalue weighted by Crippen LogP contribution is -2.31. The monoisotopic (exact) mass is 443 g/mol. The number of guanidine groups is 1. The molecule has 0 spiro atoms. The van der Waals surface area contributed by atoms with Gasteiger partial charge in [-0.3, -0.25) is 9.93 Å². The molecule has 0 aliphatic rings. The Bertz CT molecular complexity index is 1000. The number of nitrogens with zero attached hydrogens (tertiary/aromatic N) is 4. The molecular weight excluding hydrogens is 433 g/mol. The molecule has 1 aromatic carbocycles. The summed E-state index contributed by atoms with van der Waals surface area (Å²) in [6.45, 7) is 0.419. The number of nitrogens with two attached hydrogens (primary N) is 1. The van der Waals surface area contributed by atoms with Crippen molar-refractivity contribution >= 4 is 33.7 Å². The Labute approximate surface area is 157 Å². The molecule has 0 fully saturated rings. The van der Waals surface area contributed by atoms with E-state index >= 15 is 0 Å². The summed E-state index contributed by atoms with van der Waals surface area (Å²) in [6.07, 6.45) is 0. The first-order valence-electron chi connectivity index (χ1n) is 7.05. The second-order valence-corrected chi connectivity index (χ2v) is 6.75. The van der Waals surface area contributed by atoms with Gasteiger partial charge in [0.15, 0.2) is 16.7 Å². The molecule has 2 heterocycles. The molecule has 0 saturated heterocycles. The van der Waals surface area contributed by atoms with Crippen LogP contribution in [0.2, 0.25) is 0 Å². The van der Waals surface area contributed by atoms with Gasteiger partial charge in [-0.1, -0.05) is 16.9 Å². The van der Waals surface area contributed by atoms with Crippen LogP contribution in [0.3, 0.4) is 0 Å². The van der Waals surface area contributed by atoms with Gasteiger partial charge in [-0.15, -0.1) is 0 Å². The van der Waals surface area contributed by atoms with Crippen molar-refractivity contribution < 1.29 is 13.5 Å². The number of hydrogen-bond acceptors (Lipinski definition) is 8. The summed E-state index contributed by atoms with van der Waals surface area (Å²) in [5.74, 6) is -0.814. The van der Waals surface area contributed by atoms with Gasteiger partial charge < -0.3 is 11.1 Å². The first-order chi connectivity index (χ1) is 12.5. The van der Waals surface area contributed by atoms with Crippen LogP contribution in [0.25, 0.3) is 17.2 Å². The van der Waals surface area contributed by atoms with Crippen molar-refractivity contribution in [1.29, 1.82) is 5.41 Å². The van der Waals surface area contributed by atoms with Gasteiger partial charge in [-0.05, 0) is 44.4 Å². The maximum Gasteiger partial charge on any atom is 0.446 e. The summed E-state index contributed by atoms with van der Waals surface area (Å²) < 4.78 is 24.2. The highest BCUT2D eigenvalue weighted by Gasteiger charge is 2.23. The van der Waals surface area contributed by atoms with Crippen molar-refractivity contribution in [2.45, 2.75) is 5.03 Å². The predicted molar refractivity (Wildman–Crippen MR) is 93.7 cm³/mol. The minimum absolute atomic E-state index is 0.0665. The lowest BCUT2D eigenvalue weighted by molar-refractivity contribution is 0.299. The van der Waals surface area contributed by atoms with Gasteiger partial charge in [0, 0.05) is 12.3 Å². The lowest BCUT2D eigenvalue weighted by Gasteiger charge is -2.05. The molecule has 0 aliphatic heterocycles. The average molecular weight is 444 g/mol. The van der Waals surface area contributed by atoms with E-state index in [1.165, 1.54) is 30.0 Å². The second kappa shape index (κ2) is 7.70. The number of benzene rings is 1. The molecule has 0 amide bonds. The van der Waals surface area contributed by atoms with E-state index in [-0.39, 0.29) is 22.0 Å². The number of rotatable bonds is 6. The van der Waals surface area contributed by atoms with Crippen LogP contribution in [-0.2, 0) is 0 Å². The van der Waals surface area contributed by atoms with E-state index in [1.54, 1.807) is 0 Å². The summed E-state index contributed by atoms with van der Waals surface area (Å²) in [5, 5.41) is 21.4. The Kier molecular flexibility index (Phi) is 5.37. The first kappa shape index (κ1) is 18.1. The van der Waals surface area contributed by atoms with Crippen LogP contribution in [0.5, 0.6) is 0 Å². The van der Waals surface area contributed by atoms with E-state index < -0.39 is 11.6 Å². The zero-order valence-electron chi connectivity index (χ0n) is 12.9. The number of aromatic nitrogens is 4. The summed E-state index contributed by atoms with van der Waals surface area (Å²) in [6, 6.07) is 4.01. The molecule has 0 saturated carbocycles. The lowest BCUT2D eigenvalue weighted by atomic mass is 10.3. The number of nitrogens with one attached hydrogen (secondary N) is 2. The third kappa shape index (κ3) is 3.77. The molecule has 136 valence electrons. The second-order valence-electron chi connectivity index (χ2n) is 4.81. The quantitative estimate of drug-likeness (QED) is 0.222. The van der Waals surface area contributed by atoms with E-state index in [9.17, 15) is 9.18 Å².